The lowest BCUT2D eigenvalue weighted by atomic mass is 10.1. The van der Waals surface area contributed by atoms with E-state index in [0.717, 1.165) is 32.4 Å². The Morgan fingerprint density at radius 3 is 2.67 bits per heavy atom. The summed E-state index contributed by atoms with van der Waals surface area (Å²) >= 11 is 0. The third-order valence-corrected chi connectivity index (χ3v) is 4.19. The molecule has 3 atom stereocenters. The lowest BCUT2D eigenvalue weighted by molar-refractivity contribution is -0.132. The van der Waals surface area contributed by atoms with Crippen molar-refractivity contribution >= 4 is 5.91 Å². The normalized spacial score (nSPS) is 33.9. The van der Waals surface area contributed by atoms with Gasteiger partial charge in [0, 0.05) is 12.6 Å². The molecule has 18 heavy (non-hydrogen) atoms. The van der Waals surface area contributed by atoms with E-state index < -0.39 is 0 Å². The lowest BCUT2D eigenvalue weighted by Crippen LogP contribution is -2.48. The molecule has 0 aromatic carbocycles. The minimum Gasteiger partial charge on any atom is -0.321 e. The van der Waals surface area contributed by atoms with Gasteiger partial charge in [-0.15, -0.1) is 0 Å². The molecule has 0 aliphatic carbocycles. The van der Waals surface area contributed by atoms with Gasteiger partial charge in [-0.2, -0.15) is 0 Å². The quantitative estimate of drug-likeness (QED) is 0.819. The van der Waals surface area contributed by atoms with Gasteiger partial charge in [0.25, 0.3) is 0 Å². The number of likely N-dealkylation sites (tertiary alicyclic amines) is 1. The predicted octanol–water partition coefficient (Wildman–Crippen LogP) is 1.27. The Hall–Kier alpha value is -0.610. The number of rotatable bonds is 4. The average molecular weight is 253 g/mol. The Morgan fingerprint density at radius 2 is 2.17 bits per heavy atom. The molecule has 2 heterocycles. The number of hydrogen-bond acceptors (Lipinski definition) is 3. The van der Waals surface area contributed by atoms with Gasteiger partial charge in [-0.1, -0.05) is 27.2 Å². The zero-order valence-corrected chi connectivity index (χ0v) is 12.1. The molecular formula is C14H27N3O. The molecule has 4 nitrogen and oxygen atoms in total. The molecule has 1 N–H and O–H groups in total. The number of nitrogens with one attached hydrogen (secondary N) is 1. The Labute approximate surface area is 111 Å². The van der Waals surface area contributed by atoms with Gasteiger partial charge >= 0.3 is 0 Å². The summed E-state index contributed by atoms with van der Waals surface area (Å²) in [5, 5.41) is 3.54. The topological polar surface area (TPSA) is 35.6 Å². The van der Waals surface area contributed by atoms with Crippen LogP contribution in [0.4, 0.5) is 0 Å². The molecule has 0 spiro atoms. The monoisotopic (exact) mass is 253 g/mol. The minimum atomic E-state index is 0.0494. The molecule has 0 saturated carbocycles. The van der Waals surface area contributed by atoms with Gasteiger partial charge < -0.3 is 9.80 Å². The van der Waals surface area contributed by atoms with Crippen molar-refractivity contribution in [2.75, 3.05) is 20.1 Å². The van der Waals surface area contributed by atoms with E-state index in [1.807, 2.05) is 0 Å². The van der Waals surface area contributed by atoms with Crippen molar-refractivity contribution in [3.8, 4) is 0 Å². The van der Waals surface area contributed by atoms with E-state index in [4.69, 9.17) is 0 Å². The summed E-state index contributed by atoms with van der Waals surface area (Å²) in [6.45, 7) is 8.68. The van der Waals surface area contributed by atoms with Crippen LogP contribution >= 0.6 is 0 Å². The predicted molar refractivity (Wildman–Crippen MR) is 73.2 cm³/mol. The minimum absolute atomic E-state index is 0.0494. The van der Waals surface area contributed by atoms with E-state index in [-0.39, 0.29) is 12.2 Å². The van der Waals surface area contributed by atoms with E-state index in [9.17, 15) is 4.79 Å². The van der Waals surface area contributed by atoms with Crippen LogP contribution in [0.2, 0.25) is 0 Å². The first-order valence-electron chi connectivity index (χ1n) is 7.31. The van der Waals surface area contributed by atoms with Crippen LogP contribution in [0.5, 0.6) is 0 Å². The lowest BCUT2D eigenvalue weighted by Gasteiger charge is -2.32. The van der Waals surface area contributed by atoms with E-state index in [0.29, 0.717) is 17.9 Å². The number of amides is 1. The number of nitrogens with zero attached hydrogens (tertiary/aromatic N) is 2. The molecule has 3 unspecified atom stereocenters. The molecule has 0 aromatic rings. The Kier molecular flexibility index (Phi) is 4.28. The summed E-state index contributed by atoms with van der Waals surface area (Å²) in [6.07, 6.45) is 3.37. The Bertz CT molecular complexity index is 305. The molecule has 4 heteroatoms. The van der Waals surface area contributed by atoms with Crippen molar-refractivity contribution < 1.29 is 4.79 Å². The highest BCUT2D eigenvalue weighted by Gasteiger charge is 2.44. The second kappa shape index (κ2) is 5.57. The maximum Gasteiger partial charge on any atom is 0.241 e. The Balaban J connectivity index is 2.11. The van der Waals surface area contributed by atoms with Gasteiger partial charge in [-0.25, -0.2) is 0 Å². The molecule has 2 fully saturated rings. The first-order valence-corrected chi connectivity index (χ1v) is 7.31. The third-order valence-electron chi connectivity index (χ3n) is 4.19. The van der Waals surface area contributed by atoms with Gasteiger partial charge in [-0.05, 0) is 32.4 Å². The van der Waals surface area contributed by atoms with Gasteiger partial charge in [0.2, 0.25) is 5.91 Å². The van der Waals surface area contributed by atoms with E-state index >= 15 is 0 Å². The summed E-state index contributed by atoms with van der Waals surface area (Å²) in [5.74, 6) is 0.803. The average Bonchev–Trinajstić information content (AvgIpc) is 2.85. The van der Waals surface area contributed by atoms with E-state index in [2.05, 4.69) is 42.9 Å². The van der Waals surface area contributed by atoms with Crippen LogP contribution in [-0.2, 0) is 4.79 Å². The largest absolute Gasteiger partial charge is 0.321 e. The molecule has 2 rings (SSSR count). The van der Waals surface area contributed by atoms with E-state index in [1.165, 1.54) is 0 Å². The second-order valence-electron chi connectivity index (χ2n) is 6.15. The van der Waals surface area contributed by atoms with E-state index in [1.54, 1.807) is 0 Å². The van der Waals surface area contributed by atoms with Crippen molar-refractivity contribution in [3.63, 3.8) is 0 Å². The van der Waals surface area contributed by atoms with Crippen LogP contribution in [0.15, 0.2) is 0 Å². The molecule has 2 aliphatic heterocycles. The smallest absolute Gasteiger partial charge is 0.241 e. The van der Waals surface area contributed by atoms with Crippen LogP contribution < -0.4 is 5.32 Å². The molecule has 2 saturated heterocycles. The zero-order chi connectivity index (χ0) is 13.3. The van der Waals surface area contributed by atoms with Crippen LogP contribution in [0.1, 0.15) is 40.0 Å². The number of hydrogen-bond donors (Lipinski definition) is 1. The van der Waals surface area contributed by atoms with Crippen molar-refractivity contribution in [3.05, 3.63) is 0 Å². The van der Waals surface area contributed by atoms with Crippen LogP contribution in [0, 0.1) is 5.92 Å². The van der Waals surface area contributed by atoms with Gasteiger partial charge in [0.15, 0.2) is 0 Å². The summed E-state index contributed by atoms with van der Waals surface area (Å²) in [6, 6.07) is 0.456. The molecule has 0 aromatic heterocycles. The highest BCUT2D eigenvalue weighted by Crippen LogP contribution is 2.26. The fourth-order valence-corrected chi connectivity index (χ4v) is 3.23. The maximum atomic E-state index is 12.5. The maximum absolute atomic E-state index is 12.5. The van der Waals surface area contributed by atoms with Crippen molar-refractivity contribution in [2.45, 2.75) is 58.3 Å². The van der Waals surface area contributed by atoms with Gasteiger partial charge in [-0.3, -0.25) is 10.1 Å². The number of carbonyl (C=O) groups excluding carboxylic acids is 1. The van der Waals surface area contributed by atoms with Gasteiger partial charge in [0.1, 0.15) is 0 Å². The fraction of sp³-hybridized carbons (Fsp3) is 0.929. The Morgan fingerprint density at radius 1 is 1.44 bits per heavy atom. The molecular weight excluding hydrogens is 226 g/mol. The molecule has 1 amide bonds. The summed E-state index contributed by atoms with van der Waals surface area (Å²) in [4.78, 5) is 17.0. The summed E-state index contributed by atoms with van der Waals surface area (Å²) in [7, 11) is 2.14. The highest BCUT2D eigenvalue weighted by atomic mass is 16.2. The van der Waals surface area contributed by atoms with Crippen LogP contribution in [0.3, 0.4) is 0 Å². The second-order valence-corrected chi connectivity index (χ2v) is 6.15. The molecule has 0 radical (unpaired) electrons. The first kappa shape index (κ1) is 13.8. The van der Waals surface area contributed by atoms with Crippen LogP contribution in [-0.4, -0.2) is 54.1 Å². The first-order chi connectivity index (χ1) is 8.54. The fourth-order valence-electron chi connectivity index (χ4n) is 3.23. The number of likely N-dealkylation sites (N-methyl/N-ethyl adjacent to an activating group) is 1. The van der Waals surface area contributed by atoms with Crippen LogP contribution in [0.25, 0.3) is 0 Å². The summed E-state index contributed by atoms with van der Waals surface area (Å²) in [5.41, 5.74) is 0. The highest BCUT2D eigenvalue weighted by molar-refractivity contribution is 5.84. The summed E-state index contributed by atoms with van der Waals surface area (Å²) < 4.78 is 0. The third kappa shape index (κ3) is 2.54. The SMILES string of the molecule is CCCC1NC(C(C)C)N(C2CCN(C)C2)C1=O. The zero-order valence-electron chi connectivity index (χ0n) is 12.1. The van der Waals surface area contributed by atoms with Crippen molar-refractivity contribution in [1.29, 1.82) is 0 Å². The van der Waals surface area contributed by atoms with Crippen molar-refractivity contribution in [1.82, 2.24) is 15.1 Å². The van der Waals surface area contributed by atoms with Crippen molar-refractivity contribution in [2.24, 2.45) is 5.92 Å². The molecule has 2 aliphatic rings. The molecule has 104 valence electrons. The standard InChI is InChI=1S/C14H27N3O/c1-5-6-12-14(18)17(13(15-12)10(2)3)11-7-8-16(4)9-11/h10-13,15H,5-9H2,1-4H3. The number of carbonyl (C=O) groups is 1. The van der Waals surface area contributed by atoms with Gasteiger partial charge in [0.05, 0.1) is 12.2 Å². The molecule has 0 bridgehead atoms.